The van der Waals surface area contributed by atoms with Crippen LogP contribution in [0.4, 0.5) is 0 Å². The minimum atomic E-state index is 0.495. The first-order valence-electron chi connectivity index (χ1n) is 5.04. The van der Waals surface area contributed by atoms with Crippen molar-refractivity contribution >= 4 is 0 Å². The summed E-state index contributed by atoms with van der Waals surface area (Å²) in [4.78, 5) is 2.45. The normalized spacial score (nSPS) is 33.6. The second-order valence-corrected chi connectivity index (χ2v) is 4.19. The van der Waals surface area contributed by atoms with Gasteiger partial charge in [0.15, 0.2) is 0 Å². The van der Waals surface area contributed by atoms with E-state index >= 15 is 0 Å². The molecule has 0 saturated carbocycles. The van der Waals surface area contributed by atoms with Crippen LogP contribution in [0.1, 0.15) is 19.8 Å². The van der Waals surface area contributed by atoms with Crippen LogP contribution in [0.3, 0.4) is 0 Å². The first-order valence-corrected chi connectivity index (χ1v) is 5.04. The summed E-state index contributed by atoms with van der Waals surface area (Å²) in [7, 11) is 0. The number of hydrogen-bond donors (Lipinski definition) is 0. The molecule has 2 nitrogen and oxygen atoms in total. The maximum absolute atomic E-state index is 5.47. The van der Waals surface area contributed by atoms with Crippen molar-refractivity contribution < 1.29 is 4.74 Å². The first-order chi connectivity index (χ1) is 6.35. The van der Waals surface area contributed by atoms with Crippen molar-refractivity contribution in [2.45, 2.75) is 19.8 Å². The number of ether oxygens (including phenoxy) is 1. The monoisotopic (exact) mass is 179 g/mol. The van der Waals surface area contributed by atoms with E-state index in [4.69, 9.17) is 4.74 Å². The fourth-order valence-corrected chi connectivity index (χ4v) is 2.32. The van der Waals surface area contributed by atoms with Crippen LogP contribution in [0.15, 0.2) is 0 Å². The van der Waals surface area contributed by atoms with Gasteiger partial charge in [-0.1, -0.05) is 5.92 Å². The van der Waals surface area contributed by atoms with Gasteiger partial charge < -0.3 is 4.74 Å². The highest BCUT2D eigenvalue weighted by Crippen LogP contribution is 2.37. The molecule has 2 aliphatic heterocycles. The molecule has 0 aromatic heterocycles. The van der Waals surface area contributed by atoms with Crippen molar-refractivity contribution in [1.82, 2.24) is 4.90 Å². The Balaban J connectivity index is 1.88. The predicted molar refractivity (Wildman–Crippen MR) is 52.4 cm³/mol. The first kappa shape index (κ1) is 9.05. The van der Waals surface area contributed by atoms with Gasteiger partial charge in [0.1, 0.15) is 0 Å². The highest BCUT2D eigenvalue weighted by molar-refractivity contribution is 5.01. The van der Waals surface area contributed by atoms with Gasteiger partial charge in [0.25, 0.3) is 0 Å². The molecule has 2 rings (SSSR count). The van der Waals surface area contributed by atoms with E-state index in [0.717, 1.165) is 19.8 Å². The zero-order valence-electron chi connectivity index (χ0n) is 8.31. The van der Waals surface area contributed by atoms with Gasteiger partial charge in [-0.2, -0.15) is 0 Å². The third-order valence-corrected chi connectivity index (χ3v) is 3.18. The predicted octanol–water partition coefficient (Wildman–Crippen LogP) is 1.12. The third kappa shape index (κ3) is 1.87. The van der Waals surface area contributed by atoms with Gasteiger partial charge in [0, 0.05) is 18.6 Å². The molecule has 2 heterocycles. The van der Waals surface area contributed by atoms with E-state index in [9.17, 15) is 0 Å². The van der Waals surface area contributed by atoms with E-state index in [0.29, 0.717) is 5.41 Å². The number of rotatable bonds is 1. The molecule has 1 unspecified atom stereocenters. The lowest BCUT2D eigenvalue weighted by Gasteiger charge is -2.20. The molecule has 1 spiro atoms. The van der Waals surface area contributed by atoms with Crippen molar-refractivity contribution in [1.29, 1.82) is 0 Å². The summed E-state index contributed by atoms with van der Waals surface area (Å²) in [5.41, 5.74) is 0.495. The highest BCUT2D eigenvalue weighted by atomic mass is 16.5. The summed E-state index contributed by atoms with van der Waals surface area (Å²) in [6.07, 6.45) is 2.56. The Morgan fingerprint density at radius 3 is 3.08 bits per heavy atom. The average Bonchev–Trinajstić information content (AvgIpc) is 2.74. The van der Waals surface area contributed by atoms with Gasteiger partial charge in [-0.05, 0) is 26.3 Å². The molecule has 0 bridgehead atoms. The molecule has 2 saturated heterocycles. The molecule has 13 heavy (non-hydrogen) atoms. The summed E-state index contributed by atoms with van der Waals surface area (Å²) in [6.45, 7) is 7.19. The van der Waals surface area contributed by atoms with Gasteiger partial charge in [-0.15, -0.1) is 5.92 Å². The topological polar surface area (TPSA) is 12.5 Å². The molecule has 2 heteroatoms. The Bertz CT molecular complexity index is 232. The summed E-state index contributed by atoms with van der Waals surface area (Å²) in [5.74, 6) is 6.08. The summed E-state index contributed by atoms with van der Waals surface area (Å²) in [5, 5.41) is 0. The largest absolute Gasteiger partial charge is 0.381 e. The Kier molecular flexibility index (Phi) is 2.57. The Morgan fingerprint density at radius 2 is 2.38 bits per heavy atom. The van der Waals surface area contributed by atoms with Crippen molar-refractivity contribution in [3.8, 4) is 11.8 Å². The summed E-state index contributed by atoms with van der Waals surface area (Å²) in [6, 6.07) is 0. The molecule has 0 aliphatic carbocycles. The molecule has 0 aromatic rings. The molecule has 2 aliphatic rings. The molecular formula is C11H17NO. The molecule has 0 amide bonds. The average molecular weight is 179 g/mol. The van der Waals surface area contributed by atoms with Crippen LogP contribution in [0.5, 0.6) is 0 Å². The highest BCUT2D eigenvalue weighted by Gasteiger charge is 2.40. The third-order valence-electron chi connectivity index (χ3n) is 3.18. The molecule has 0 radical (unpaired) electrons. The lowest BCUT2D eigenvalue weighted by Crippen LogP contribution is -2.27. The molecule has 0 aromatic carbocycles. The van der Waals surface area contributed by atoms with Crippen LogP contribution in [0, 0.1) is 17.3 Å². The van der Waals surface area contributed by atoms with Crippen molar-refractivity contribution in [2.24, 2.45) is 5.41 Å². The van der Waals surface area contributed by atoms with E-state index < -0.39 is 0 Å². The van der Waals surface area contributed by atoms with Crippen LogP contribution >= 0.6 is 0 Å². The van der Waals surface area contributed by atoms with Crippen LogP contribution in [0.2, 0.25) is 0 Å². The molecule has 2 fully saturated rings. The SMILES string of the molecule is CC#CCN1CCC2(CCOC2)C1. The van der Waals surface area contributed by atoms with Crippen LogP contribution in [0.25, 0.3) is 0 Å². The van der Waals surface area contributed by atoms with E-state index in [1.807, 2.05) is 6.92 Å². The van der Waals surface area contributed by atoms with E-state index in [-0.39, 0.29) is 0 Å². The Labute approximate surface area is 80.2 Å². The zero-order valence-corrected chi connectivity index (χ0v) is 8.31. The van der Waals surface area contributed by atoms with Gasteiger partial charge in [0.2, 0.25) is 0 Å². The second-order valence-electron chi connectivity index (χ2n) is 4.19. The van der Waals surface area contributed by atoms with Crippen molar-refractivity contribution in [3.63, 3.8) is 0 Å². The van der Waals surface area contributed by atoms with Crippen molar-refractivity contribution in [3.05, 3.63) is 0 Å². The molecule has 0 N–H and O–H groups in total. The minimum absolute atomic E-state index is 0.495. The standard InChI is InChI=1S/C11H17NO/c1-2-3-6-12-7-4-11(9-12)5-8-13-10-11/h4-10H2,1H3. The molecular weight excluding hydrogens is 162 g/mol. The lowest BCUT2D eigenvalue weighted by molar-refractivity contribution is 0.153. The van der Waals surface area contributed by atoms with Crippen molar-refractivity contribution in [2.75, 3.05) is 32.8 Å². The molecule has 72 valence electrons. The number of likely N-dealkylation sites (tertiary alicyclic amines) is 1. The van der Waals surface area contributed by atoms with E-state index in [2.05, 4.69) is 16.7 Å². The Morgan fingerprint density at radius 1 is 1.46 bits per heavy atom. The minimum Gasteiger partial charge on any atom is -0.381 e. The maximum atomic E-state index is 5.47. The van der Waals surface area contributed by atoms with Gasteiger partial charge in [-0.25, -0.2) is 0 Å². The summed E-state index contributed by atoms with van der Waals surface area (Å²) >= 11 is 0. The smallest absolute Gasteiger partial charge is 0.0601 e. The van der Waals surface area contributed by atoms with Gasteiger partial charge in [0.05, 0.1) is 13.2 Å². The van der Waals surface area contributed by atoms with Gasteiger partial charge in [-0.3, -0.25) is 4.90 Å². The van der Waals surface area contributed by atoms with E-state index in [1.165, 1.54) is 25.9 Å². The summed E-state index contributed by atoms with van der Waals surface area (Å²) < 4.78 is 5.47. The maximum Gasteiger partial charge on any atom is 0.0601 e. The zero-order chi connectivity index (χ0) is 9.15. The quantitative estimate of drug-likeness (QED) is 0.559. The molecule has 1 atom stereocenters. The van der Waals surface area contributed by atoms with E-state index in [1.54, 1.807) is 0 Å². The lowest BCUT2D eigenvalue weighted by atomic mass is 9.87. The van der Waals surface area contributed by atoms with Crippen LogP contribution in [-0.2, 0) is 4.74 Å². The fraction of sp³-hybridized carbons (Fsp3) is 0.818. The van der Waals surface area contributed by atoms with Crippen LogP contribution in [-0.4, -0.2) is 37.7 Å². The fourth-order valence-electron chi connectivity index (χ4n) is 2.32. The number of nitrogens with zero attached hydrogens (tertiary/aromatic N) is 1. The number of hydrogen-bond acceptors (Lipinski definition) is 2. The van der Waals surface area contributed by atoms with Gasteiger partial charge >= 0.3 is 0 Å². The Hall–Kier alpha value is -0.520. The second kappa shape index (κ2) is 3.69. The van der Waals surface area contributed by atoms with Crippen LogP contribution < -0.4 is 0 Å².